The smallest absolute Gasteiger partial charge is 0.288 e. The maximum absolute atomic E-state index is 14.2. The van der Waals surface area contributed by atoms with Gasteiger partial charge in [-0.2, -0.15) is 4.39 Å². The highest BCUT2D eigenvalue weighted by Gasteiger charge is 2.17. The van der Waals surface area contributed by atoms with E-state index in [1.807, 2.05) is 4.90 Å². The third-order valence-electron chi connectivity index (χ3n) is 6.35. The lowest BCUT2D eigenvalue weighted by molar-refractivity contribution is 0.526. The number of rotatable bonds is 17. The molecule has 31 heavy (non-hydrogen) atoms. The Morgan fingerprint density at radius 1 is 0.806 bits per heavy atom. The zero-order valence-corrected chi connectivity index (χ0v) is 19.8. The van der Waals surface area contributed by atoms with Crippen LogP contribution in [0.4, 0.5) is 10.3 Å². The SMILES string of the molecule is CCCCCCCCCCCCCCCCCc1nc(N2CCNCC2)[nH]c(=O)c1F. The maximum atomic E-state index is 14.2. The van der Waals surface area contributed by atoms with Crippen LogP contribution in [0, 0.1) is 5.82 Å². The lowest BCUT2D eigenvalue weighted by Gasteiger charge is -2.28. The van der Waals surface area contributed by atoms with Crippen molar-refractivity contribution >= 4 is 5.95 Å². The van der Waals surface area contributed by atoms with Crippen LogP contribution in [0.3, 0.4) is 0 Å². The van der Waals surface area contributed by atoms with E-state index >= 15 is 0 Å². The first-order chi connectivity index (χ1) is 15.2. The molecule has 5 nitrogen and oxygen atoms in total. The van der Waals surface area contributed by atoms with E-state index in [1.54, 1.807) is 0 Å². The van der Waals surface area contributed by atoms with Crippen molar-refractivity contribution in [2.45, 2.75) is 110 Å². The molecular formula is C25H45FN4O. The van der Waals surface area contributed by atoms with Gasteiger partial charge in [0.25, 0.3) is 5.56 Å². The third-order valence-corrected chi connectivity index (χ3v) is 6.35. The van der Waals surface area contributed by atoms with E-state index in [0.29, 0.717) is 18.1 Å². The van der Waals surface area contributed by atoms with Crippen LogP contribution in [0.5, 0.6) is 0 Å². The van der Waals surface area contributed by atoms with E-state index in [0.717, 1.165) is 39.0 Å². The van der Waals surface area contributed by atoms with Crippen LogP contribution >= 0.6 is 0 Å². The zero-order valence-electron chi connectivity index (χ0n) is 19.8. The lowest BCUT2D eigenvalue weighted by atomic mass is 10.0. The highest BCUT2D eigenvalue weighted by Crippen LogP contribution is 2.15. The molecule has 0 amide bonds. The van der Waals surface area contributed by atoms with E-state index in [9.17, 15) is 9.18 Å². The summed E-state index contributed by atoms with van der Waals surface area (Å²) in [4.78, 5) is 21.0. The van der Waals surface area contributed by atoms with Gasteiger partial charge in [0.2, 0.25) is 11.8 Å². The number of piperazine rings is 1. The molecule has 0 saturated carbocycles. The van der Waals surface area contributed by atoms with Crippen LogP contribution in [0.15, 0.2) is 4.79 Å². The number of hydrogen-bond acceptors (Lipinski definition) is 4. The van der Waals surface area contributed by atoms with Crippen LogP contribution in [0.2, 0.25) is 0 Å². The van der Waals surface area contributed by atoms with Crippen molar-refractivity contribution in [3.63, 3.8) is 0 Å². The summed E-state index contributed by atoms with van der Waals surface area (Å²) in [6.45, 7) is 5.55. The number of hydrogen-bond donors (Lipinski definition) is 2. The Morgan fingerprint density at radius 3 is 1.81 bits per heavy atom. The van der Waals surface area contributed by atoms with E-state index in [-0.39, 0.29) is 0 Å². The van der Waals surface area contributed by atoms with Gasteiger partial charge in [0.05, 0.1) is 5.69 Å². The Labute approximate surface area is 188 Å². The summed E-state index contributed by atoms with van der Waals surface area (Å²) < 4.78 is 14.2. The fourth-order valence-corrected chi connectivity index (χ4v) is 4.35. The minimum atomic E-state index is -0.704. The molecule has 2 rings (SSSR count). The van der Waals surface area contributed by atoms with Crippen LogP contribution in [0.25, 0.3) is 0 Å². The number of unbranched alkanes of at least 4 members (excludes halogenated alkanes) is 14. The van der Waals surface area contributed by atoms with Crippen molar-refractivity contribution < 1.29 is 4.39 Å². The molecule has 1 saturated heterocycles. The number of H-pyrrole nitrogens is 1. The molecule has 1 aromatic rings. The number of aryl methyl sites for hydroxylation is 1. The Balaban J connectivity index is 1.50. The fraction of sp³-hybridized carbons (Fsp3) is 0.840. The molecular weight excluding hydrogens is 391 g/mol. The molecule has 0 spiro atoms. The Kier molecular flexibility index (Phi) is 13.5. The number of nitrogens with zero attached hydrogens (tertiary/aromatic N) is 2. The quantitative estimate of drug-likeness (QED) is 0.306. The predicted octanol–water partition coefficient (Wildman–Crippen LogP) is 5.73. The fourth-order valence-electron chi connectivity index (χ4n) is 4.35. The molecule has 0 aliphatic carbocycles. The van der Waals surface area contributed by atoms with Gasteiger partial charge >= 0.3 is 0 Å². The monoisotopic (exact) mass is 436 g/mol. The molecule has 1 fully saturated rings. The Morgan fingerprint density at radius 2 is 1.29 bits per heavy atom. The van der Waals surface area contributed by atoms with E-state index in [2.05, 4.69) is 22.2 Å². The first-order valence-electron chi connectivity index (χ1n) is 13.0. The molecule has 178 valence electrons. The molecule has 2 heterocycles. The minimum absolute atomic E-state index is 0.326. The van der Waals surface area contributed by atoms with Gasteiger partial charge in [-0.3, -0.25) is 9.78 Å². The summed E-state index contributed by atoms with van der Waals surface area (Å²) in [5.41, 5.74) is -0.313. The second-order valence-electron chi connectivity index (χ2n) is 9.09. The van der Waals surface area contributed by atoms with Crippen LogP contribution in [0.1, 0.15) is 109 Å². The van der Waals surface area contributed by atoms with Gasteiger partial charge in [-0.25, -0.2) is 4.98 Å². The summed E-state index contributed by atoms with van der Waals surface area (Å²) in [7, 11) is 0. The summed E-state index contributed by atoms with van der Waals surface area (Å²) in [6.07, 6.45) is 20.2. The summed E-state index contributed by atoms with van der Waals surface area (Å²) in [6, 6.07) is 0. The van der Waals surface area contributed by atoms with Crippen molar-refractivity contribution in [3.05, 3.63) is 21.9 Å². The highest BCUT2D eigenvalue weighted by molar-refractivity contribution is 5.31. The summed E-state index contributed by atoms with van der Waals surface area (Å²) in [5, 5.41) is 3.27. The minimum Gasteiger partial charge on any atom is -0.340 e. The van der Waals surface area contributed by atoms with Crippen molar-refractivity contribution in [3.8, 4) is 0 Å². The number of anilines is 1. The van der Waals surface area contributed by atoms with Crippen molar-refractivity contribution in [1.29, 1.82) is 0 Å². The standard InChI is InChI=1S/C25H45FN4O/c1-2-3-4-5-6-7-8-9-10-11-12-13-14-15-16-17-22-23(26)24(31)29-25(28-22)30-20-18-27-19-21-30/h27H,2-21H2,1H3,(H,28,29,31). The van der Waals surface area contributed by atoms with Crippen LogP contribution in [-0.2, 0) is 6.42 Å². The van der Waals surface area contributed by atoms with Gasteiger partial charge in [-0.05, 0) is 12.8 Å². The van der Waals surface area contributed by atoms with E-state index < -0.39 is 11.4 Å². The van der Waals surface area contributed by atoms with Crippen molar-refractivity contribution in [2.75, 3.05) is 31.1 Å². The van der Waals surface area contributed by atoms with Gasteiger partial charge in [-0.15, -0.1) is 0 Å². The van der Waals surface area contributed by atoms with Crippen LogP contribution in [-0.4, -0.2) is 36.1 Å². The lowest BCUT2D eigenvalue weighted by Crippen LogP contribution is -2.45. The molecule has 2 N–H and O–H groups in total. The van der Waals surface area contributed by atoms with Crippen molar-refractivity contribution in [2.24, 2.45) is 0 Å². The van der Waals surface area contributed by atoms with Crippen molar-refractivity contribution in [1.82, 2.24) is 15.3 Å². The molecule has 1 aromatic heterocycles. The molecule has 0 unspecified atom stereocenters. The first-order valence-corrected chi connectivity index (χ1v) is 13.0. The molecule has 1 aliphatic heterocycles. The largest absolute Gasteiger partial charge is 0.340 e. The Hall–Kier alpha value is -1.43. The van der Waals surface area contributed by atoms with Gasteiger partial charge in [0.1, 0.15) is 0 Å². The van der Waals surface area contributed by atoms with Crippen LogP contribution < -0.4 is 15.8 Å². The van der Waals surface area contributed by atoms with Gasteiger partial charge in [-0.1, -0.05) is 96.8 Å². The highest BCUT2D eigenvalue weighted by atomic mass is 19.1. The average Bonchev–Trinajstić information content (AvgIpc) is 2.79. The van der Waals surface area contributed by atoms with Gasteiger partial charge < -0.3 is 10.2 Å². The average molecular weight is 437 g/mol. The molecule has 0 bridgehead atoms. The first kappa shape index (κ1) is 25.8. The molecule has 1 aliphatic rings. The molecule has 6 heteroatoms. The number of nitrogens with one attached hydrogen (secondary N) is 2. The van der Waals surface area contributed by atoms with E-state index in [1.165, 1.54) is 83.5 Å². The van der Waals surface area contributed by atoms with Gasteiger partial charge in [0.15, 0.2) is 0 Å². The Bertz CT molecular complexity index is 643. The second kappa shape index (κ2) is 16.2. The van der Waals surface area contributed by atoms with Gasteiger partial charge in [0, 0.05) is 26.2 Å². The maximum Gasteiger partial charge on any atom is 0.288 e. The molecule has 0 aromatic carbocycles. The zero-order chi connectivity index (χ0) is 22.2. The topological polar surface area (TPSA) is 61.0 Å². The normalized spacial score (nSPS) is 14.3. The number of aromatic nitrogens is 2. The van der Waals surface area contributed by atoms with E-state index in [4.69, 9.17) is 0 Å². The summed E-state index contributed by atoms with van der Waals surface area (Å²) in [5.74, 6) is -0.187. The number of aromatic amines is 1. The molecule has 0 atom stereocenters. The molecule has 0 radical (unpaired) electrons. The summed E-state index contributed by atoms with van der Waals surface area (Å²) >= 11 is 0. The third kappa shape index (κ3) is 10.6. The number of halogens is 1. The predicted molar refractivity (Wildman–Crippen MR) is 129 cm³/mol. The second-order valence-corrected chi connectivity index (χ2v) is 9.09.